The normalized spacial score (nSPS) is 37.5. The van der Waals surface area contributed by atoms with Gasteiger partial charge in [-0.2, -0.15) is 0 Å². The highest BCUT2D eigenvalue weighted by Gasteiger charge is 2.45. The van der Waals surface area contributed by atoms with Crippen LogP contribution in [0.4, 0.5) is 0 Å². The number of nitrogens with one attached hydrogen (secondary N) is 1. The number of rotatable bonds is 0. The monoisotopic (exact) mass is 143 g/mol. The van der Waals surface area contributed by atoms with Crippen LogP contribution >= 0.6 is 0 Å². The molecule has 0 bridgehead atoms. The van der Waals surface area contributed by atoms with Gasteiger partial charge in [0.15, 0.2) is 5.79 Å². The highest BCUT2D eigenvalue weighted by molar-refractivity contribution is 4.91. The van der Waals surface area contributed by atoms with Gasteiger partial charge in [0, 0.05) is 13.0 Å². The van der Waals surface area contributed by atoms with Crippen LogP contribution in [0.15, 0.2) is 0 Å². The first kappa shape index (κ1) is 6.58. The van der Waals surface area contributed by atoms with Gasteiger partial charge >= 0.3 is 0 Å². The first-order valence-corrected chi connectivity index (χ1v) is 3.85. The predicted octanol–water partition coefficient (Wildman–Crippen LogP) is 0.111. The van der Waals surface area contributed by atoms with Crippen molar-refractivity contribution in [2.45, 2.75) is 25.2 Å². The van der Waals surface area contributed by atoms with Gasteiger partial charge in [0.05, 0.1) is 19.3 Å². The molecular weight excluding hydrogens is 130 g/mol. The van der Waals surface area contributed by atoms with Gasteiger partial charge in [0.25, 0.3) is 0 Å². The Hall–Kier alpha value is -0.120. The second-order valence-corrected chi connectivity index (χ2v) is 2.93. The van der Waals surface area contributed by atoms with Crippen molar-refractivity contribution in [2.24, 2.45) is 0 Å². The molecular formula is C7H13NO2. The molecule has 2 fully saturated rings. The van der Waals surface area contributed by atoms with Crippen molar-refractivity contribution in [1.82, 2.24) is 5.32 Å². The summed E-state index contributed by atoms with van der Waals surface area (Å²) in [5, 5.41) is 3.30. The van der Waals surface area contributed by atoms with Crippen LogP contribution in [0.5, 0.6) is 0 Å². The van der Waals surface area contributed by atoms with E-state index in [1.165, 1.54) is 0 Å². The van der Waals surface area contributed by atoms with E-state index in [1.807, 2.05) is 0 Å². The van der Waals surface area contributed by atoms with Crippen LogP contribution in [0.2, 0.25) is 0 Å². The molecule has 1 spiro atoms. The summed E-state index contributed by atoms with van der Waals surface area (Å²) in [6, 6.07) is 0.356. The van der Waals surface area contributed by atoms with Crippen LogP contribution in [-0.2, 0) is 9.47 Å². The Bertz CT molecular complexity index is 126. The van der Waals surface area contributed by atoms with E-state index < -0.39 is 0 Å². The molecule has 2 aliphatic heterocycles. The average molecular weight is 143 g/mol. The third-order valence-corrected chi connectivity index (χ3v) is 2.36. The molecule has 2 saturated heterocycles. The lowest BCUT2D eigenvalue weighted by Gasteiger charge is -2.25. The van der Waals surface area contributed by atoms with Crippen molar-refractivity contribution >= 4 is 0 Å². The Labute approximate surface area is 60.7 Å². The third-order valence-electron chi connectivity index (χ3n) is 2.36. The van der Waals surface area contributed by atoms with E-state index in [2.05, 4.69) is 12.2 Å². The molecule has 0 aromatic heterocycles. The molecule has 0 amide bonds. The van der Waals surface area contributed by atoms with Crippen LogP contribution in [0, 0.1) is 0 Å². The van der Waals surface area contributed by atoms with Crippen molar-refractivity contribution in [2.75, 3.05) is 19.8 Å². The molecule has 2 rings (SSSR count). The van der Waals surface area contributed by atoms with Gasteiger partial charge in [-0.15, -0.1) is 0 Å². The zero-order valence-electron chi connectivity index (χ0n) is 6.22. The second-order valence-electron chi connectivity index (χ2n) is 2.93. The molecule has 0 aromatic rings. The lowest BCUT2D eigenvalue weighted by molar-refractivity contribution is -0.159. The van der Waals surface area contributed by atoms with Crippen LogP contribution in [0.3, 0.4) is 0 Å². The first-order chi connectivity index (χ1) is 4.83. The van der Waals surface area contributed by atoms with Gasteiger partial charge in [0.1, 0.15) is 0 Å². The number of hydrogen-bond acceptors (Lipinski definition) is 3. The summed E-state index contributed by atoms with van der Waals surface area (Å²) in [7, 11) is 0. The van der Waals surface area contributed by atoms with Crippen LogP contribution in [-0.4, -0.2) is 31.6 Å². The molecule has 0 radical (unpaired) electrons. The van der Waals surface area contributed by atoms with Gasteiger partial charge < -0.3 is 14.8 Å². The Morgan fingerprint density at radius 3 is 2.60 bits per heavy atom. The van der Waals surface area contributed by atoms with Gasteiger partial charge in [-0.25, -0.2) is 0 Å². The zero-order valence-corrected chi connectivity index (χ0v) is 6.22. The van der Waals surface area contributed by atoms with Gasteiger partial charge in [-0.3, -0.25) is 0 Å². The minimum absolute atomic E-state index is 0.264. The van der Waals surface area contributed by atoms with Gasteiger partial charge in [-0.05, 0) is 6.92 Å². The minimum Gasteiger partial charge on any atom is -0.346 e. The standard InChI is InChI=1S/C7H13NO2/c1-6-7(2-3-8-6)9-4-5-10-7/h6,8H,2-5H2,1H3. The van der Waals surface area contributed by atoms with Gasteiger partial charge in [0.2, 0.25) is 0 Å². The maximum absolute atomic E-state index is 5.53. The summed E-state index contributed by atoms with van der Waals surface area (Å²) in [6.45, 7) is 4.64. The third kappa shape index (κ3) is 0.779. The lowest BCUT2D eigenvalue weighted by Crippen LogP contribution is -2.41. The maximum atomic E-state index is 5.53. The van der Waals surface area contributed by atoms with E-state index in [0.717, 1.165) is 26.2 Å². The topological polar surface area (TPSA) is 30.5 Å². The summed E-state index contributed by atoms with van der Waals surface area (Å²) in [6.07, 6.45) is 0.994. The van der Waals surface area contributed by atoms with Crippen LogP contribution in [0.25, 0.3) is 0 Å². The predicted molar refractivity (Wildman–Crippen MR) is 36.7 cm³/mol. The number of ether oxygens (including phenoxy) is 2. The summed E-state index contributed by atoms with van der Waals surface area (Å²) < 4.78 is 11.1. The quantitative estimate of drug-likeness (QED) is 0.522. The Morgan fingerprint density at radius 1 is 1.40 bits per heavy atom. The summed E-state index contributed by atoms with van der Waals surface area (Å²) in [5.41, 5.74) is 0. The first-order valence-electron chi connectivity index (χ1n) is 3.85. The number of hydrogen-bond donors (Lipinski definition) is 1. The molecule has 3 nitrogen and oxygen atoms in total. The Balaban J connectivity index is 2.11. The highest BCUT2D eigenvalue weighted by Crippen LogP contribution is 2.30. The largest absolute Gasteiger partial charge is 0.346 e. The summed E-state index contributed by atoms with van der Waals surface area (Å²) >= 11 is 0. The van der Waals surface area contributed by atoms with Crippen LogP contribution < -0.4 is 5.32 Å². The van der Waals surface area contributed by atoms with E-state index in [0.29, 0.717) is 6.04 Å². The molecule has 1 unspecified atom stereocenters. The van der Waals surface area contributed by atoms with Crippen molar-refractivity contribution < 1.29 is 9.47 Å². The SMILES string of the molecule is CC1NCCC12OCCO2. The second kappa shape index (κ2) is 2.19. The fourth-order valence-electron chi connectivity index (χ4n) is 1.70. The Morgan fingerprint density at radius 2 is 2.10 bits per heavy atom. The minimum atomic E-state index is -0.264. The van der Waals surface area contributed by atoms with Crippen molar-refractivity contribution in [3.63, 3.8) is 0 Å². The van der Waals surface area contributed by atoms with Gasteiger partial charge in [-0.1, -0.05) is 0 Å². The fraction of sp³-hybridized carbons (Fsp3) is 1.00. The van der Waals surface area contributed by atoms with Crippen molar-refractivity contribution in [1.29, 1.82) is 0 Å². The molecule has 3 heteroatoms. The molecule has 2 aliphatic rings. The van der Waals surface area contributed by atoms with E-state index in [9.17, 15) is 0 Å². The molecule has 10 heavy (non-hydrogen) atoms. The molecule has 1 N–H and O–H groups in total. The fourth-order valence-corrected chi connectivity index (χ4v) is 1.70. The Kier molecular flexibility index (Phi) is 1.44. The maximum Gasteiger partial charge on any atom is 0.184 e. The van der Waals surface area contributed by atoms with Crippen molar-refractivity contribution in [3.05, 3.63) is 0 Å². The molecule has 0 saturated carbocycles. The van der Waals surface area contributed by atoms with E-state index in [4.69, 9.17) is 9.47 Å². The van der Waals surface area contributed by atoms with Crippen LogP contribution in [0.1, 0.15) is 13.3 Å². The summed E-state index contributed by atoms with van der Waals surface area (Å²) in [5.74, 6) is -0.264. The highest BCUT2D eigenvalue weighted by atomic mass is 16.7. The summed E-state index contributed by atoms with van der Waals surface area (Å²) in [4.78, 5) is 0. The lowest BCUT2D eigenvalue weighted by atomic mass is 10.1. The molecule has 58 valence electrons. The molecule has 1 atom stereocenters. The van der Waals surface area contributed by atoms with E-state index >= 15 is 0 Å². The molecule has 0 aromatic carbocycles. The average Bonchev–Trinajstić information content (AvgIpc) is 2.48. The van der Waals surface area contributed by atoms with Crippen molar-refractivity contribution in [3.8, 4) is 0 Å². The molecule has 0 aliphatic carbocycles. The smallest absolute Gasteiger partial charge is 0.184 e. The van der Waals surface area contributed by atoms with E-state index in [-0.39, 0.29) is 5.79 Å². The van der Waals surface area contributed by atoms with E-state index in [1.54, 1.807) is 0 Å². The molecule has 2 heterocycles. The zero-order chi connectivity index (χ0) is 7.03.